The van der Waals surface area contributed by atoms with Crippen LogP contribution in [-0.4, -0.2) is 40.5 Å². The molecule has 0 aliphatic heterocycles. The van der Waals surface area contributed by atoms with Crippen molar-refractivity contribution in [1.82, 2.24) is 4.90 Å². The number of benzene rings is 1. The van der Waals surface area contributed by atoms with Gasteiger partial charge < -0.3 is 5.11 Å². The van der Waals surface area contributed by atoms with Crippen molar-refractivity contribution in [2.24, 2.45) is 5.92 Å². The summed E-state index contributed by atoms with van der Waals surface area (Å²) in [6, 6.07) is 6.57. The smallest absolute Gasteiger partial charge is 0.317 e. The second kappa shape index (κ2) is 7.59. The number of nitro benzene ring substituents is 1. The van der Waals surface area contributed by atoms with Gasteiger partial charge in [-0.05, 0) is 12.3 Å². The number of rotatable bonds is 8. The van der Waals surface area contributed by atoms with Crippen LogP contribution in [0.3, 0.4) is 0 Å². The Morgan fingerprint density at radius 1 is 1.40 bits per heavy atom. The van der Waals surface area contributed by atoms with Crippen LogP contribution in [0.2, 0.25) is 0 Å². The van der Waals surface area contributed by atoms with Crippen LogP contribution in [-0.2, 0) is 11.2 Å². The fraction of sp³-hybridized carbons (Fsp3) is 0.500. The molecule has 0 heterocycles. The lowest BCUT2D eigenvalue weighted by Gasteiger charge is -2.22. The van der Waals surface area contributed by atoms with Gasteiger partial charge >= 0.3 is 5.97 Å². The average Bonchev–Trinajstić information content (AvgIpc) is 2.34. The molecular formula is C14H20N2O4. The van der Waals surface area contributed by atoms with Crippen LogP contribution < -0.4 is 0 Å². The first-order valence-electron chi connectivity index (χ1n) is 6.56. The van der Waals surface area contributed by atoms with E-state index in [1.165, 1.54) is 6.07 Å². The van der Waals surface area contributed by atoms with Crippen molar-refractivity contribution in [3.63, 3.8) is 0 Å². The topological polar surface area (TPSA) is 83.7 Å². The third kappa shape index (κ3) is 5.36. The fourth-order valence-corrected chi connectivity index (χ4v) is 2.12. The molecule has 0 atom stereocenters. The van der Waals surface area contributed by atoms with Gasteiger partial charge in [-0.2, -0.15) is 0 Å². The van der Waals surface area contributed by atoms with E-state index in [2.05, 4.69) is 0 Å². The van der Waals surface area contributed by atoms with E-state index in [4.69, 9.17) is 5.11 Å². The Kier molecular flexibility index (Phi) is 6.11. The molecule has 1 aromatic carbocycles. The zero-order valence-electron chi connectivity index (χ0n) is 11.8. The van der Waals surface area contributed by atoms with E-state index in [9.17, 15) is 14.9 Å². The number of carboxylic acid groups (broad SMARTS) is 1. The zero-order valence-corrected chi connectivity index (χ0v) is 11.8. The monoisotopic (exact) mass is 280 g/mol. The normalized spacial score (nSPS) is 11.0. The van der Waals surface area contributed by atoms with E-state index < -0.39 is 10.9 Å². The lowest BCUT2D eigenvalue weighted by molar-refractivity contribution is -0.385. The van der Waals surface area contributed by atoms with Gasteiger partial charge in [-0.1, -0.05) is 32.0 Å². The highest BCUT2D eigenvalue weighted by atomic mass is 16.6. The van der Waals surface area contributed by atoms with E-state index in [0.29, 0.717) is 31.0 Å². The van der Waals surface area contributed by atoms with Gasteiger partial charge in [-0.3, -0.25) is 19.8 Å². The highest BCUT2D eigenvalue weighted by molar-refractivity contribution is 5.69. The van der Waals surface area contributed by atoms with Crippen molar-refractivity contribution in [1.29, 1.82) is 0 Å². The van der Waals surface area contributed by atoms with Crippen molar-refractivity contribution in [2.45, 2.75) is 20.3 Å². The van der Waals surface area contributed by atoms with Gasteiger partial charge in [0.05, 0.1) is 11.5 Å². The molecule has 1 N–H and O–H groups in total. The summed E-state index contributed by atoms with van der Waals surface area (Å²) in [6.07, 6.45) is 0.469. The minimum atomic E-state index is -0.881. The predicted molar refractivity (Wildman–Crippen MR) is 75.7 cm³/mol. The van der Waals surface area contributed by atoms with Crippen molar-refractivity contribution in [3.05, 3.63) is 39.9 Å². The van der Waals surface area contributed by atoms with Gasteiger partial charge in [0.25, 0.3) is 5.69 Å². The third-order valence-corrected chi connectivity index (χ3v) is 2.87. The summed E-state index contributed by atoms with van der Waals surface area (Å²) in [4.78, 5) is 23.2. The van der Waals surface area contributed by atoms with Crippen LogP contribution in [0.5, 0.6) is 0 Å². The van der Waals surface area contributed by atoms with Gasteiger partial charge in [0.15, 0.2) is 0 Å². The van der Waals surface area contributed by atoms with Crippen LogP contribution in [0.25, 0.3) is 0 Å². The van der Waals surface area contributed by atoms with E-state index in [1.54, 1.807) is 18.2 Å². The Morgan fingerprint density at radius 3 is 2.60 bits per heavy atom. The van der Waals surface area contributed by atoms with E-state index in [0.717, 1.165) is 0 Å². The summed E-state index contributed by atoms with van der Waals surface area (Å²) in [6.45, 7) is 5.14. The van der Waals surface area contributed by atoms with Crippen molar-refractivity contribution in [3.8, 4) is 0 Å². The van der Waals surface area contributed by atoms with Gasteiger partial charge in [0.1, 0.15) is 0 Å². The molecule has 0 fully saturated rings. The van der Waals surface area contributed by atoms with Gasteiger partial charge in [0, 0.05) is 24.7 Å². The number of hydrogen-bond donors (Lipinski definition) is 1. The molecule has 0 aliphatic carbocycles. The van der Waals surface area contributed by atoms with Crippen molar-refractivity contribution < 1.29 is 14.8 Å². The molecule has 6 nitrogen and oxygen atoms in total. The number of aliphatic carboxylic acids is 1. The third-order valence-electron chi connectivity index (χ3n) is 2.87. The fourth-order valence-electron chi connectivity index (χ4n) is 2.12. The Hall–Kier alpha value is -1.95. The van der Waals surface area contributed by atoms with Gasteiger partial charge in [-0.25, -0.2) is 0 Å². The summed E-state index contributed by atoms with van der Waals surface area (Å²) >= 11 is 0. The number of para-hydroxylation sites is 1. The lowest BCUT2D eigenvalue weighted by atomic mass is 10.1. The number of hydrogen-bond acceptors (Lipinski definition) is 4. The Labute approximate surface area is 118 Å². The number of nitrogens with zero attached hydrogens (tertiary/aromatic N) is 2. The minimum absolute atomic E-state index is 0.0428. The second-order valence-corrected chi connectivity index (χ2v) is 5.16. The molecule has 20 heavy (non-hydrogen) atoms. The van der Waals surface area contributed by atoms with E-state index in [1.807, 2.05) is 18.7 Å². The second-order valence-electron chi connectivity index (χ2n) is 5.16. The number of carbonyl (C=O) groups is 1. The summed E-state index contributed by atoms with van der Waals surface area (Å²) in [5.74, 6) is -0.534. The highest BCUT2D eigenvalue weighted by Gasteiger charge is 2.15. The van der Waals surface area contributed by atoms with Crippen molar-refractivity contribution >= 4 is 11.7 Å². The SMILES string of the molecule is CC(C)CN(CCc1ccccc1[N+](=O)[O-])CC(=O)O. The standard InChI is InChI=1S/C14H20N2O4/c1-11(2)9-15(10-14(17)18)8-7-12-5-3-4-6-13(12)16(19)20/h3-6,11H,7-10H2,1-2H3,(H,17,18). The van der Waals surface area contributed by atoms with Crippen molar-refractivity contribution in [2.75, 3.05) is 19.6 Å². The van der Waals surface area contributed by atoms with Crippen LogP contribution in [0.15, 0.2) is 24.3 Å². The Morgan fingerprint density at radius 2 is 2.05 bits per heavy atom. The molecule has 0 aromatic heterocycles. The molecular weight excluding hydrogens is 260 g/mol. The average molecular weight is 280 g/mol. The quantitative estimate of drug-likeness (QED) is 0.583. The van der Waals surface area contributed by atoms with Crippen LogP contribution in [0, 0.1) is 16.0 Å². The van der Waals surface area contributed by atoms with Crippen LogP contribution in [0.4, 0.5) is 5.69 Å². The molecule has 6 heteroatoms. The molecule has 1 aromatic rings. The van der Waals surface area contributed by atoms with Gasteiger partial charge in [-0.15, -0.1) is 0 Å². The Bertz CT molecular complexity index is 474. The van der Waals surface area contributed by atoms with Crippen LogP contribution in [0.1, 0.15) is 19.4 Å². The first kappa shape index (κ1) is 16.1. The first-order chi connectivity index (χ1) is 9.40. The molecule has 0 spiro atoms. The molecule has 0 saturated carbocycles. The minimum Gasteiger partial charge on any atom is -0.480 e. The molecule has 0 amide bonds. The lowest BCUT2D eigenvalue weighted by Crippen LogP contribution is -2.34. The Balaban J connectivity index is 2.71. The molecule has 0 aliphatic rings. The highest BCUT2D eigenvalue weighted by Crippen LogP contribution is 2.18. The maximum Gasteiger partial charge on any atom is 0.317 e. The molecule has 110 valence electrons. The first-order valence-corrected chi connectivity index (χ1v) is 6.56. The summed E-state index contributed by atoms with van der Waals surface area (Å²) in [7, 11) is 0. The maximum absolute atomic E-state index is 10.9. The predicted octanol–water partition coefficient (Wildman–Crippen LogP) is 2.18. The molecule has 0 bridgehead atoms. The molecule has 0 radical (unpaired) electrons. The molecule has 0 saturated heterocycles. The largest absolute Gasteiger partial charge is 0.480 e. The van der Waals surface area contributed by atoms with E-state index >= 15 is 0 Å². The number of nitro groups is 1. The molecule has 1 rings (SSSR count). The van der Waals surface area contributed by atoms with E-state index in [-0.39, 0.29) is 12.2 Å². The maximum atomic E-state index is 10.9. The zero-order chi connectivity index (χ0) is 15.1. The number of carboxylic acids is 1. The summed E-state index contributed by atoms with van der Waals surface area (Å²) < 4.78 is 0. The van der Waals surface area contributed by atoms with Crippen LogP contribution >= 0.6 is 0 Å². The summed E-state index contributed by atoms with van der Waals surface area (Å²) in [5.41, 5.74) is 0.726. The van der Waals surface area contributed by atoms with Gasteiger partial charge in [0.2, 0.25) is 0 Å². The summed E-state index contributed by atoms with van der Waals surface area (Å²) in [5, 5.41) is 19.8. The molecule has 0 unspecified atom stereocenters.